The van der Waals surface area contributed by atoms with E-state index in [1.54, 1.807) is 24.3 Å². The van der Waals surface area contributed by atoms with Gasteiger partial charge in [0.05, 0.1) is 5.75 Å². The second-order valence-corrected chi connectivity index (χ2v) is 13.2. The molecule has 1 saturated carbocycles. The van der Waals surface area contributed by atoms with E-state index in [1.807, 2.05) is 6.92 Å². The lowest BCUT2D eigenvalue weighted by Crippen LogP contribution is -2.30. The van der Waals surface area contributed by atoms with Crippen molar-refractivity contribution in [2.45, 2.75) is 77.0 Å². The van der Waals surface area contributed by atoms with Gasteiger partial charge < -0.3 is 0 Å². The van der Waals surface area contributed by atoms with Crippen molar-refractivity contribution in [3.05, 3.63) is 29.8 Å². The van der Waals surface area contributed by atoms with Crippen molar-refractivity contribution in [3.8, 4) is 0 Å². The van der Waals surface area contributed by atoms with E-state index in [0.29, 0.717) is 5.75 Å². The zero-order valence-corrected chi connectivity index (χ0v) is 19.3. The first-order valence-electron chi connectivity index (χ1n) is 10.7. The summed E-state index contributed by atoms with van der Waals surface area (Å²) in [6.07, 6.45) is 7.95. The van der Waals surface area contributed by atoms with E-state index in [2.05, 4.69) is 17.5 Å². The molecule has 4 nitrogen and oxygen atoms in total. The predicted octanol–water partition coefficient (Wildman–Crippen LogP) is 5.86. The van der Waals surface area contributed by atoms with E-state index in [9.17, 15) is 13.2 Å². The summed E-state index contributed by atoms with van der Waals surface area (Å²) in [4.78, 5) is 13.3. The van der Waals surface area contributed by atoms with Gasteiger partial charge in [0.2, 0.25) is 0 Å². The van der Waals surface area contributed by atoms with Gasteiger partial charge in [-0.05, 0) is 55.0 Å². The third kappa shape index (κ3) is 6.60. The van der Waals surface area contributed by atoms with E-state index in [0.717, 1.165) is 68.4 Å². The molecule has 1 aromatic carbocycles. The molecule has 1 fully saturated rings. The van der Waals surface area contributed by atoms with Crippen LogP contribution in [0.25, 0.3) is 0 Å². The van der Waals surface area contributed by atoms with Crippen molar-refractivity contribution in [2.75, 3.05) is 17.3 Å². The van der Waals surface area contributed by atoms with E-state index >= 15 is 0 Å². The van der Waals surface area contributed by atoms with Gasteiger partial charge >= 0.3 is 10.1 Å². The number of carbonyl (C=O) groups is 1. The van der Waals surface area contributed by atoms with Crippen molar-refractivity contribution in [3.63, 3.8) is 0 Å². The summed E-state index contributed by atoms with van der Waals surface area (Å²) in [5.74, 6) is 2.21. The van der Waals surface area contributed by atoms with Crippen molar-refractivity contribution in [1.29, 1.82) is 0 Å². The van der Waals surface area contributed by atoms with Gasteiger partial charge in [-0.2, -0.15) is 0 Å². The Morgan fingerprint density at radius 3 is 2.04 bits per heavy atom. The van der Waals surface area contributed by atoms with Crippen molar-refractivity contribution >= 4 is 26.2 Å². The van der Waals surface area contributed by atoms with Gasteiger partial charge in [-0.1, -0.05) is 57.2 Å². The molecule has 0 aliphatic heterocycles. The number of unbranched alkanes of at least 4 members (excludes halogenated alkanes) is 2. The number of aryl methyl sites for hydroxylation is 1. The predicted molar refractivity (Wildman–Crippen MR) is 120 cm³/mol. The number of rotatable bonds is 12. The van der Waals surface area contributed by atoms with Crippen molar-refractivity contribution in [2.24, 2.45) is 5.92 Å². The fraction of sp³-hybridized carbons (Fsp3) is 0.682. The molecule has 0 heterocycles. The maximum absolute atomic E-state index is 13.1. The summed E-state index contributed by atoms with van der Waals surface area (Å²) >= 11 is 0. The van der Waals surface area contributed by atoms with Crippen LogP contribution in [0.5, 0.6) is 0 Å². The van der Waals surface area contributed by atoms with Crippen LogP contribution in [-0.2, 0) is 14.9 Å². The molecule has 0 spiro atoms. The number of Topliss-reactive ketones (excluding diaryl/α,β-unsaturated/α-hetero) is 1. The number of carbonyl (C=O) groups excluding carboxylic acids is 1. The van der Waals surface area contributed by atoms with Crippen LogP contribution in [0.1, 0.15) is 70.8 Å². The van der Waals surface area contributed by atoms with Crippen LogP contribution >= 0.6 is 10.3 Å². The van der Waals surface area contributed by atoms with Gasteiger partial charge in [0, 0.05) is 17.4 Å². The Morgan fingerprint density at radius 1 is 1.00 bits per heavy atom. The topological polar surface area (TPSA) is 64.0 Å². The highest BCUT2D eigenvalue weighted by Crippen LogP contribution is 2.51. The summed E-state index contributed by atoms with van der Waals surface area (Å²) in [6.45, 7) is 6.15. The summed E-state index contributed by atoms with van der Waals surface area (Å²) < 4.78 is 30.8. The van der Waals surface area contributed by atoms with E-state index < -0.39 is 20.4 Å². The van der Waals surface area contributed by atoms with E-state index in [1.165, 1.54) is 0 Å². The van der Waals surface area contributed by atoms with Crippen molar-refractivity contribution < 1.29 is 16.8 Å². The van der Waals surface area contributed by atoms with Gasteiger partial charge in [0.25, 0.3) is 0 Å². The molecular weight excluding hydrogens is 392 g/mol. The molecule has 2 rings (SSSR count). The molecule has 28 heavy (non-hydrogen) atoms. The normalized spacial score (nSPS) is 16.4. The highest BCUT2D eigenvalue weighted by molar-refractivity contribution is 8.32. The van der Waals surface area contributed by atoms with Crippen molar-refractivity contribution in [1.82, 2.24) is 0 Å². The van der Waals surface area contributed by atoms with Crippen LogP contribution in [0.15, 0.2) is 29.2 Å². The van der Waals surface area contributed by atoms with Crippen LogP contribution in [0.4, 0.5) is 0 Å². The molecular formula is C22H37O4S2+. The van der Waals surface area contributed by atoms with Crippen LogP contribution in [0.3, 0.4) is 0 Å². The second-order valence-electron chi connectivity index (χ2n) is 8.07. The Bertz CT molecular complexity index is 711. The van der Waals surface area contributed by atoms with E-state index in [4.69, 9.17) is 0 Å². The Morgan fingerprint density at radius 2 is 1.54 bits per heavy atom. The Balaban J connectivity index is 2.30. The molecule has 0 radical (unpaired) electrons. The Kier molecular flexibility index (Phi) is 9.03. The monoisotopic (exact) mass is 429 g/mol. The maximum atomic E-state index is 13.1. The molecule has 0 unspecified atom stereocenters. The average Bonchev–Trinajstić information content (AvgIpc) is 3.20. The Labute approximate surface area is 173 Å². The first kappa shape index (κ1) is 23.4. The summed E-state index contributed by atoms with van der Waals surface area (Å²) in [5.41, 5.74) is 1.02. The molecule has 0 saturated heterocycles. The maximum Gasteiger partial charge on any atom is 0.421 e. The second kappa shape index (κ2) is 10.8. The van der Waals surface area contributed by atoms with Gasteiger partial charge in [-0.3, -0.25) is 8.42 Å². The molecule has 0 bridgehead atoms. The number of hydrogen-bond donors (Lipinski definition) is 0. The highest BCUT2D eigenvalue weighted by atomic mass is 32.3. The average molecular weight is 430 g/mol. The minimum absolute atomic E-state index is 0.118. The lowest BCUT2D eigenvalue weighted by molar-refractivity contribution is -0.120. The van der Waals surface area contributed by atoms with Gasteiger partial charge in [0.1, 0.15) is 4.90 Å². The van der Waals surface area contributed by atoms with Crippen LogP contribution in [0.2, 0.25) is 0 Å². The molecule has 6 heteroatoms. The lowest BCUT2D eigenvalue weighted by Gasteiger charge is -2.34. The van der Waals surface area contributed by atoms with Crippen LogP contribution < -0.4 is 0 Å². The summed E-state index contributed by atoms with van der Waals surface area (Å²) in [5, 5.41) is 0. The third-order valence-electron chi connectivity index (χ3n) is 5.55. The number of ketones is 1. The van der Waals surface area contributed by atoms with Crippen LogP contribution in [-0.4, -0.2) is 35.1 Å². The molecule has 1 aromatic rings. The standard InChI is InChI=1S/C22H36O4S2/c1-4-6-16-27(17-7-5-2,18-22(23)20-10-8-9-11-20)26-28(24,25)21-14-12-19(3)13-15-21/h12-15,20H,4-11,16-18H2,1-3H3/p+1. The molecule has 0 aromatic heterocycles. The molecule has 160 valence electrons. The quantitative estimate of drug-likeness (QED) is 0.309. The number of hydrogen-bond acceptors (Lipinski definition) is 3. The molecule has 1 aliphatic carbocycles. The number of benzene rings is 1. The first-order chi connectivity index (χ1) is 13.3. The van der Waals surface area contributed by atoms with Gasteiger partial charge in [-0.25, -0.2) is 0 Å². The summed E-state index contributed by atoms with van der Waals surface area (Å²) in [7, 11) is -5.64. The summed E-state index contributed by atoms with van der Waals surface area (Å²) in [6, 6.07) is 6.88. The van der Waals surface area contributed by atoms with E-state index in [-0.39, 0.29) is 16.6 Å². The minimum Gasteiger partial charge on any atom is -0.298 e. The molecule has 1 aliphatic rings. The lowest BCUT2D eigenvalue weighted by atomic mass is 10.0. The van der Waals surface area contributed by atoms with Crippen LogP contribution in [0, 0.1) is 12.8 Å². The minimum atomic E-state index is -3.75. The first-order valence-corrected chi connectivity index (χ1v) is 14.2. The van der Waals surface area contributed by atoms with Gasteiger partial charge in [-0.15, -0.1) is 8.42 Å². The van der Waals surface area contributed by atoms with Gasteiger partial charge in [0.15, 0.2) is 5.78 Å². The smallest absolute Gasteiger partial charge is 0.298 e. The molecule has 0 atom stereocenters. The fourth-order valence-corrected chi connectivity index (χ4v) is 9.97. The zero-order chi connectivity index (χ0) is 20.6. The zero-order valence-electron chi connectivity index (χ0n) is 17.7. The Hall–Kier alpha value is -0.850. The largest absolute Gasteiger partial charge is 0.421 e. The molecule has 1 N–H and O–H groups in total. The highest BCUT2D eigenvalue weighted by Gasteiger charge is 2.40. The molecule has 0 amide bonds. The SMILES string of the molecule is CCCCS(CCCC)(CC(=O)C1CCCC1)[OH+]S(=O)(=O)c1ccc(C)cc1. The third-order valence-corrected chi connectivity index (χ3v) is 11.4. The fourth-order valence-electron chi connectivity index (χ4n) is 3.77.